The number of carboxylic acids is 1. The second-order valence-corrected chi connectivity index (χ2v) is 4.13. The Morgan fingerprint density at radius 1 is 1.29 bits per heavy atom. The Morgan fingerprint density at radius 2 is 1.95 bits per heavy atom. The molecular weight excluding hydrogens is 304 g/mol. The molecule has 0 spiro atoms. The van der Waals surface area contributed by atoms with Gasteiger partial charge in [0.15, 0.2) is 0 Å². The van der Waals surface area contributed by atoms with Gasteiger partial charge in [-0.25, -0.2) is 9.59 Å². The minimum atomic E-state index is -1.21. The van der Waals surface area contributed by atoms with E-state index in [1.165, 1.54) is 20.3 Å². The van der Waals surface area contributed by atoms with Crippen molar-refractivity contribution in [2.75, 3.05) is 26.1 Å². The summed E-state index contributed by atoms with van der Waals surface area (Å²) in [4.78, 5) is 33.4. The molecule has 1 aromatic carbocycles. The van der Waals surface area contributed by atoms with Gasteiger partial charge in [-0.2, -0.15) is 0 Å². The number of aromatic carboxylic acids is 1. The first-order chi connectivity index (χ1) is 9.88. The van der Waals surface area contributed by atoms with Gasteiger partial charge < -0.3 is 25.2 Å². The van der Waals surface area contributed by atoms with E-state index in [0.717, 1.165) is 6.07 Å². The van der Waals surface area contributed by atoms with E-state index in [1.807, 2.05) is 0 Å². The third-order valence-electron chi connectivity index (χ3n) is 2.39. The summed E-state index contributed by atoms with van der Waals surface area (Å²) < 4.78 is 9.27. The van der Waals surface area contributed by atoms with Crippen molar-refractivity contribution < 1.29 is 29.0 Å². The van der Waals surface area contributed by atoms with Crippen LogP contribution in [0.3, 0.4) is 0 Å². The molecule has 0 atom stereocenters. The van der Waals surface area contributed by atoms with E-state index in [-0.39, 0.29) is 28.6 Å². The predicted molar refractivity (Wildman–Crippen MR) is 74.0 cm³/mol. The number of halogens is 1. The van der Waals surface area contributed by atoms with Crippen LogP contribution in [0.2, 0.25) is 5.02 Å². The van der Waals surface area contributed by atoms with Gasteiger partial charge in [-0.15, -0.1) is 0 Å². The summed E-state index contributed by atoms with van der Waals surface area (Å²) in [5.74, 6) is -1.79. The number of hydrogen-bond acceptors (Lipinski definition) is 5. The largest absolute Gasteiger partial charge is 0.496 e. The molecule has 0 fully saturated rings. The highest BCUT2D eigenvalue weighted by atomic mass is 35.5. The van der Waals surface area contributed by atoms with Crippen LogP contribution in [0, 0.1) is 0 Å². The maximum Gasteiger partial charge on any atom is 0.339 e. The van der Waals surface area contributed by atoms with E-state index in [2.05, 4.69) is 15.4 Å². The predicted octanol–water partition coefficient (Wildman–Crippen LogP) is 1.34. The van der Waals surface area contributed by atoms with Crippen molar-refractivity contribution in [3.63, 3.8) is 0 Å². The van der Waals surface area contributed by atoms with Gasteiger partial charge in [0.05, 0.1) is 24.9 Å². The van der Waals surface area contributed by atoms with Crippen LogP contribution >= 0.6 is 11.6 Å². The molecule has 0 aliphatic carbocycles. The quantitative estimate of drug-likeness (QED) is 0.706. The number of rotatable bonds is 5. The summed E-state index contributed by atoms with van der Waals surface area (Å²) in [6.07, 6.45) is 0. The summed E-state index contributed by atoms with van der Waals surface area (Å²) in [5.41, 5.74) is 0.00361. The lowest BCUT2D eigenvalue weighted by Gasteiger charge is -2.12. The van der Waals surface area contributed by atoms with Crippen LogP contribution < -0.4 is 15.4 Å². The standard InChI is InChI=1S/C12H13ClN2O6/c1-20-9-4-8(7(13)3-6(9)11(17)18)15-12(19)14-5-10(16)21-2/h3-4H,5H2,1-2H3,(H,17,18)(H2,14,15,19). The maximum absolute atomic E-state index is 11.6. The van der Waals surface area contributed by atoms with Gasteiger partial charge >= 0.3 is 18.0 Å². The van der Waals surface area contributed by atoms with Crippen molar-refractivity contribution in [3.05, 3.63) is 22.7 Å². The van der Waals surface area contributed by atoms with Crippen LogP contribution in [-0.2, 0) is 9.53 Å². The van der Waals surface area contributed by atoms with Crippen LogP contribution in [0.4, 0.5) is 10.5 Å². The molecule has 0 radical (unpaired) electrons. The number of urea groups is 1. The minimum Gasteiger partial charge on any atom is -0.496 e. The molecule has 0 aromatic heterocycles. The molecule has 9 heteroatoms. The van der Waals surface area contributed by atoms with Gasteiger partial charge in [0.1, 0.15) is 17.9 Å². The fraction of sp³-hybridized carbons (Fsp3) is 0.250. The molecule has 0 unspecified atom stereocenters. The highest BCUT2D eigenvalue weighted by Gasteiger charge is 2.16. The topological polar surface area (TPSA) is 114 Å². The lowest BCUT2D eigenvalue weighted by molar-refractivity contribution is -0.139. The molecule has 0 saturated heterocycles. The van der Waals surface area contributed by atoms with Crippen molar-refractivity contribution in [1.82, 2.24) is 5.32 Å². The highest BCUT2D eigenvalue weighted by Crippen LogP contribution is 2.30. The van der Waals surface area contributed by atoms with Gasteiger partial charge in [-0.3, -0.25) is 4.79 Å². The second kappa shape index (κ2) is 7.34. The number of methoxy groups -OCH3 is 2. The van der Waals surface area contributed by atoms with Crippen LogP contribution in [0.25, 0.3) is 0 Å². The monoisotopic (exact) mass is 316 g/mol. The molecule has 114 valence electrons. The molecule has 0 saturated carbocycles. The summed E-state index contributed by atoms with van der Waals surface area (Å²) in [6.45, 7) is -0.315. The molecule has 0 heterocycles. The van der Waals surface area contributed by atoms with Crippen molar-refractivity contribution in [1.29, 1.82) is 0 Å². The Hall–Kier alpha value is -2.48. The van der Waals surface area contributed by atoms with Crippen LogP contribution in [0.5, 0.6) is 5.75 Å². The zero-order valence-electron chi connectivity index (χ0n) is 11.2. The van der Waals surface area contributed by atoms with Crippen molar-refractivity contribution in [2.45, 2.75) is 0 Å². The normalized spacial score (nSPS) is 9.67. The SMILES string of the molecule is COC(=O)CNC(=O)Nc1cc(OC)c(C(=O)O)cc1Cl. The smallest absolute Gasteiger partial charge is 0.339 e. The van der Waals surface area contributed by atoms with Crippen molar-refractivity contribution in [3.8, 4) is 5.75 Å². The number of hydrogen-bond donors (Lipinski definition) is 3. The number of anilines is 1. The summed E-state index contributed by atoms with van der Waals surface area (Å²) in [7, 11) is 2.48. The fourth-order valence-corrected chi connectivity index (χ4v) is 1.59. The van der Waals surface area contributed by atoms with Crippen LogP contribution in [0.1, 0.15) is 10.4 Å². The zero-order chi connectivity index (χ0) is 16.0. The fourth-order valence-electron chi connectivity index (χ4n) is 1.38. The van der Waals surface area contributed by atoms with Crippen molar-refractivity contribution >= 4 is 35.3 Å². The third kappa shape index (κ3) is 4.53. The van der Waals surface area contributed by atoms with E-state index in [4.69, 9.17) is 21.4 Å². The maximum atomic E-state index is 11.6. The molecule has 21 heavy (non-hydrogen) atoms. The average molecular weight is 317 g/mol. The number of ether oxygens (including phenoxy) is 2. The third-order valence-corrected chi connectivity index (χ3v) is 2.70. The number of carbonyl (C=O) groups is 3. The molecule has 1 aromatic rings. The number of carbonyl (C=O) groups excluding carboxylic acids is 2. The lowest BCUT2D eigenvalue weighted by atomic mass is 10.2. The average Bonchev–Trinajstić information content (AvgIpc) is 2.46. The Labute approximate surface area is 125 Å². The van der Waals surface area contributed by atoms with Crippen LogP contribution in [-0.4, -0.2) is 43.8 Å². The molecule has 0 aliphatic rings. The van der Waals surface area contributed by atoms with E-state index in [1.54, 1.807) is 0 Å². The van der Waals surface area contributed by atoms with E-state index >= 15 is 0 Å². The lowest BCUT2D eigenvalue weighted by Crippen LogP contribution is -2.33. The second-order valence-electron chi connectivity index (χ2n) is 3.72. The first kappa shape index (κ1) is 16.6. The zero-order valence-corrected chi connectivity index (χ0v) is 12.0. The molecular formula is C12H13ClN2O6. The van der Waals surface area contributed by atoms with Crippen molar-refractivity contribution in [2.24, 2.45) is 0 Å². The Kier molecular flexibility index (Phi) is 5.79. The van der Waals surface area contributed by atoms with Gasteiger partial charge in [0, 0.05) is 6.07 Å². The van der Waals surface area contributed by atoms with E-state index in [0.29, 0.717) is 0 Å². The molecule has 0 bridgehead atoms. The molecule has 0 aliphatic heterocycles. The Morgan fingerprint density at radius 3 is 2.48 bits per heavy atom. The van der Waals surface area contributed by atoms with Gasteiger partial charge in [0.25, 0.3) is 0 Å². The van der Waals surface area contributed by atoms with E-state index in [9.17, 15) is 14.4 Å². The summed E-state index contributed by atoms with van der Waals surface area (Å²) >= 11 is 5.88. The summed E-state index contributed by atoms with van der Waals surface area (Å²) in [6, 6.07) is 1.72. The van der Waals surface area contributed by atoms with Crippen LogP contribution in [0.15, 0.2) is 12.1 Å². The Balaban J connectivity index is 2.86. The van der Waals surface area contributed by atoms with Gasteiger partial charge in [-0.1, -0.05) is 11.6 Å². The molecule has 8 nitrogen and oxygen atoms in total. The first-order valence-electron chi connectivity index (χ1n) is 5.61. The minimum absolute atomic E-state index is 0.0152. The summed E-state index contributed by atoms with van der Waals surface area (Å²) in [5, 5.41) is 13.6. The molecule has 3 N–H and O–H groups in total. The number of amides is 2. The molecule has 2 amide bonds. The number of esters is 1. The highest BCUT2D eigenvalue weighted by molar-refractivity contribution is 6.34. The van der Waals surface area contributed by atoms with Gasteiger partial charge in [-0.05, 0) is 6.07 Å². The first-order valence-corrected chi connectivity index (χ1v) is 5.99. The number of benzene rings is 1. The molecule has 1 rings (SSSR count). The van der Waals surface area contributed by atoms with E-state index < -0.39 is 18.0 Å². The van der Waals surface area contributed by atoms with Gasteiger partial charge in [0.2, 0.25) is 0 Å². The Bertz CT molecular complexity index is 575. The number of carboxylic acid groups (broad SMARTS) is 1. The number of nitrogens with one attached hydrogen (secondary N) is 2.